The first-order valence-electron chi connectivity index (χ1n) is 10.2. The van der Waals surface area contributed by atoms with Gasteiger partial charge in [-0.2, -0.15) is 0 Å². The highest BCUT2D eigenvalue weighted by Gasteiger charge is 2.18. The fraction of sp³-hybridized carbons (Fsp3) is 0.0800. The van der Waals surface area contributed by atoms with Crippen LogP contribution in [0.25, 0.3) is 10.9 Å². The third-order valence-corrected chi connectivity index (χ3v) is 5.94. The molecule has 166 valence electrons. The number of benzene rings is 3. The van der Waals surface area contributed by atoms with Gasteiger partial charge in [0.25, 0.3) is 17.4 Å². The number of carbonyl (C=O) groups excluding carboxylic acids is 2. The first-order chi connectivity index (χ1) is 15.9. The van der Waals surface area contributed by atoms with Gasteiger partial charge in [-0.05, 0) is 73.7 Å². The molecule has 1 aromatic heterocycles. The molecule has 0 saturated carbocycles. The molecule has 4 rings (SSSR count). The molecular formula is C25H19BrClN3O3. The Bertz CT molecular complexity index is 1410. The summed E-state index contributed by atoms with van der Waals surface area (Å²) in [5, 5.41) is 6.76. The Morgan fingerprint density at radius 1 is 0.939 bits per heavy atom. The molecule has 3 aromatic carbocycles. The molecule has 33 heavy (non-hydrogen) atoms. The number of nitrogens with one attached hydrogen (secondary N) is 2. The number of aryl methyl sites for hydroxylation is 1. The summed E-state index contributed by atoms with van der Waals surface area (Å²) < 4.78 is 2.38. The van der Waals surface area contributed by atoms with Crippen LogP contribution in [0.2, 0.25) is 5.02 Å². The lowest BCUT2D eigenvalue weighted by molar-refractivity contribution is 0.101. The molecule has 0 saturated heterocycles. The third kappa shape index (κ3) is 4.84. The van der Waals surface area contributed by atoms with E-state index < -0.39 is 11.5 Å². The normalized spacial score (nSPS) is 10.8. The van der Waals surface area contributed by atoms with Crippen LogP contribution in [0.15, 0.2) is 82.1 Å². The molecule has 0 spiro atoms. The van der Waals surface area contributed by atoms with Crippen LogP contribution in [0.3, 0.4) is 0 Å². The molecule has 1 heterocycles. The lowest BCUT2D eigenvalue weighted by Crippen LogP contribution is -2.29. The van der Waals surface area contributed by atoms with E-state index in [-0.39, 0.29) is 11.5 Å². The number of hydrogen-bond donors (Lipinski definition) is 2. The van der Waals surface area contributed by atoms with Gasteiger partial charge in [-0.15, -0.1) is 0 Å². The monoisotopic (exact) mass is 523 g/mol. The van der Waals surface area contributed by atoms with Gasteiger partial charge < -0.3 is 15.2 Å². The molecular weight excluding hydrogens is 506 g/mol. The van der Waals surface area contributed by atoms with Crippen molar-refractivity contribution in [3.05, 3.63) is 104 Å². The van der Waals surface area contributed by atoms with Crippen molar-refractivity contribution in [2.45, 2.75) is 13.5 Å². The average Bonchev–Trinajstić information content (AvgIpc) is 2.80. The second kappa shape index (κ2) is 9.60. The number of pyridine rings is 1. The van der Waals surface area contributed by atoms with Gasteiger partial charge in [0, 0.05) is 32.7 Å². The SMILES string of the molecule is CCn1c(=O)c(C(=O)Nc2ccc(Cl)cc2)cc2c(NC(=O)c3ccc(Br)cc3)cccc21. The quantitative estimate of drug-likeness (QED) is 0.339. The Kier molecular flexibility index (Phi) is 6.62. The Morgan fingerprint density at radius 3 is 2.30 bits per heavy atom. The van der Waals surface area contributed by atoms with Crippen molar-refractivity contribution in [2.24, 2.45) is 0 Å². The number of aromatic nitrogens is 1. The van der Waals surface area contributed by atoms with Crippen molar-refractivity contribution < 1.29 is 9.59 Å². The fourth-order valence-corrected chi connectivity index (χ4v) is 3.90. The molecule has 0 fully saturated rings. The molecule has 0 bridgehead atoms. The molecule has 0 unspecified atom stereocenters. The lowest BCUT2D eigenvalue weighted by atomic mass is 10.1. The van der Waals surface area contributed by atoms with Gasteiger partial charge in [-0.25, -0.2) is 0 Å². The zero-order valence-corrected chi connectivity index (χ0v) is 19.9. The van der Waals surface area contributed by atoms with Crippen LogP contribution in [0.4, 0.5) is 11.4 Å². The fourth-order valence-electron chi connectivity index (χ4n) is 3.51. The van der Waals surface area contributed by atoms with Crippen LogP contribution in [-0.2, 0) is 6.54 Å². The molecule has 2 amide bonds. The van der Waals surface area contributed by atoms with Crippen molar-refractivity contribution in [2.75, 3.05) is 10.6 Å². The Balaban J connectivity index is 1.75. The second-order valence-electron chi connectivity index (χ2n) is 7.27. The maximum absolute atomic E-state index is 13.1. The zero-order valence-electron chi connectivity index (χ0n) is 17.6. The largest absolute Gasteiger partial charge is 0.322 e. The van der Waals surface area contributed by atoms with Crippen LogP contribution in [0.1, 0.15) is 27.6 Å². The van der Waals surface area contributed by atoms with Crippen molar-refractivity contribution in [3.8, 4) is 0 Å². The number of rotatable bonds is 5. The smallest absolute Gasteiger partial charge is 0.263 e. The highest BCUT2D eigenvalue weighted by Crippen LogP contribution is 2.25. The number of hydrogen-bond acceptors (Lipinski definition) is 3. The Labute approximate surface area is 203 Å². The van der Waals surface area contributed by atoms with Gasteiger partial charge in [-0.1, -0.05) is 33.6 Å². The van der Waals surface area contributed by atoms with Crippen LogP contribution in [0, 0.1) is 0 Å². The highest BCUT2D eigenvalue weighted by molar-refractivity contribution is 9.10. The van der Waals surface area contributed by atoms with Crippen LogP contribution in [0.5, 0.6) is 0 Å². The average molecular weight is 525 g/mol. The van der Waals surface area contributed by atoms with Gasteiger partial charge in [0.1, 0.15) is 5.56 Å². The molecule has 6 nitrogen and oxygen atoms in total. The molecule has 0 atom stereocenters. The lowest BCUT2D eigenvalue weighted by Gasteiger charge is -2.15. The number of nitrogens with zero attached hydrogens (tertiary/aromatic N) is 1. The first-order valence-corrected chi connectivity index (χ1v) is 11.3. The summed E-state index contributed by atoms with van der Waals surface area (Å²) in [6.07, 6.45) is 0. The summed E-state index contributed by atoms with van der Waals surface area (Å²) in [5.41, 5.74) is 1.70. The number of fused-ring (bicyclic) bond motifs is 1. The number of anilines is 2. The van der Waals surface area contributed by atoms with Gasteiger partial charge in [0.05, 0.1) is 11.2 Å². The summed E-state index contributed by atoms with van der Waals surface area (Å²) >= 11 is 9.26. The molecule has 4 aromatic rings. The minimum absolute atomic E-state index is 0.0235. The van der Waals surface area contributed by atoms with Gasteiger partial charge in [0.15, 0.2) is 0 Å². The minimum Gasteiger partial charge on any atom is -0.322 e. The summed E-state index contributed by atoms with van der Waals surface area (Å²) in [5.74, 6) is -0.836. The van der Waals surface area contributed by atoms with Crippen molar-refractivity contribution in [3.63, 3.8) is 0 Å². The zero-order chi connectivity index (χ0) is 23.5. The number of halogens is 2. The number of amides is 2. The van der Waals surface area contributed by atoms with E-state index in [4.69, 9.17) is 11.6 Å². The minimum atomic E-state index is -0.541. The van der Waals surface area contributed by atoms with Crippen molar-refractivity contribution >= 4 is 61.6 Å². The molecule has 0 aliphatic carbocycles. The van der Waals surface area contributed by atoms with Crippen molar-refractivity contribution in [1.82, 2.24) is 4.57 Å². The number of carbonyl (C=O) groups is 2. The molecule has 8 heteroatoms. The Morgan fingerprint density at radius 2 is 1.64 bits per heavy atom. The van der Waals surface area contributed by atoms with Crippen LogP contribution >= 0.6 is 27.5 Å². The van der Waals surface area contributed by atoms with E-state index >= 15 is 0 Å². The first kappa shape index (κ1) is 22.8. The second-order valence-corrected chi connectivity index (χ2v) is 8.62. The van der Waals surface area contributed by atoms with E-state index in [0.29, 0.717) is 39.4 Å². The van der Waals surface area contributed by atoms with E-state index in [1.165, 1.54) is 10.6 Å². The molecule has 0 radical (unpaired) electrons. The summed E-state index contributed by atoms with van der Waals surface area (Å²) in [7, 11) is 0. The predicted octanol–water partition coefficient (Wildman–Crippen LogP) is 5.94. The highest BCUT2D eigenvalue weighted by atomic mass is 79.9. The van der Waals surface area contributed by atoms with Gasteiger partial charge in [0.2, 0.25) is 0 Å². The van der Waals surface area contributed by atoms with Gasteiger partial charge >= 0.3 is 0 Å². The third-order valence-electron chi connectivity index (χ3n) is 5.16. The van der Waals surface area contributed by atoms with Gasteiger partial charge in [-0.3, -0.25) is 14.4 Å². The van der Waals surface area contributed by atoms with Crippen LogP contribution in [-0.4, -0.2) is 16.4 Å². The van der Waals surface area contributed by atoms with Crippen LogP contribution < -0.4 is 16.2 Å². The standard InChI is InChI=1S/C25H19BrClN3O3/c1-2-30-22-5-3-4-21(29-23(31)15-6-8-16(26)9-7-15)19(22)14-20(25(30)33)24(32)28-18-12-10-17(27)11-13-18/h3-14H,2H2,1H3,(H,28,32)(H,29,31). The predicted molar refractivity (Wildman–Crippen MR) is 135 cm³/mol. The summed E-state index contributed by atoms with van der Waals surface area (Å²) in [4.78, 5) is 38.8. The molecule has 0 aliphatic rings. The van der Waals surface area contributed by atoms with E-state index in [0.717, 1.165) is 4.47 Å². The van der Waals surface area contributed by atoms with Crippen molar-refractivity contribution in [1.29, 1.82) is 0 Å². The maximum atomic E-state index is 13.1. The van der Waals surface area contributed by atoms with E-state index in [9.17, 15) is 14.4 Å². The maximum Gasteiger partial charge on any atom is 0.263 e. The van der Waals surface area contributed by atoms with E-state index in [2.05, 4.69) is 26.6 Å². The van der Waals surface area contributed by atoms with E-state index in [1.807, 2.05) is 6.92 Å². The van der Waals surface area contributed by atoms with E-state index in [1.54, 1.807) is 66.7 Å². The summed E-state index contributed by atoms with van der Waals surface area (Å²) in [6.45, 7) is 2.19. The Hall–Kier alpha value is -3.42. The molecule has 0 aliphatic heterocycles. The topological polar surface area (TPSA) is 80.2 Å². The molecule has 2 N–H and O–H groups in total. The summed E-state index contributed by atoms with van der Waals surface area (Å²) in [6, 6.07) is 20.4.